The fourth-order valence-electron chi connectivity index (χ4n) is 3.16. The molecule has 2 aromatic rings. The number of guanidine groups is 1. The van der Waals surface area contributed by atoms with Crippen LogP contribution in [0, 0.1) is 19.8 Å². The number of aliphatic hydroxyl groups is 1. The molecule has 0 aliphatic heterocycles. The minimum Gasteiger partial charge on any atom is -0.389 e. The van der Waals surface area contributed by atoms with Crippen LogP contribution < -0.4 is 10.6 Å². The minimum atomic E-state index is -0.556. The van der Waals surface area contributed by atoms with Gasteiger partial charge in [-0.05, 0) is 57.2 Å². The number of nitrogens with zero attached hydrogens (tertiary/aromatic N) is 3. The quantitative estimate of drug-likeness (QED) is 0.252. The summed E-state index contributed by atoms with van der Waals surface area (Å²) in [5.74, 6) is 1.38. The zero-order valence-corrected chi connectivity index (χ0v) is 20.4. The number of hydrogen-bond donors (Lipinski definition) is 3. The van der Waals surface area contributed by atoms with E-state index in [-0.39, 0.29) is 24.0 Å². The van der Waals surface area contributed by atoms with Gasteiger partial charge in [-0.2, -0.15) is 5.10 Å². The fraction of sp³-hybridized carbons (Fsp3) is 0.545. The SMILES string of the molecule is CCNC(=NCc1ccccc1-n1nc(C)cc1C)NCC(O)COCC1CC1.I. The summed E-state index contributed by atoms with van der Waals surface area (Å²) < 4.78 is 7.52. The minimum absolute atomic E-state index is 0. The van der Waals surface area contributed by atoms with Crippen molar-refractivity contribution in [3.63, 3.8) is 0 Å². The van der Waals surface area contributed by atoms with Gasteiger partial charge in [-0.25, -0.2) is 9.67 Å². The molecule has 1 aromatic carbocycles. The zero-order chi connectivity index (χ0) is 20.6. The van der Waals surface area contributed by atoms with Crippen molar-refractivity contribution in [2.75, 3.05) is 26.3 Å². The summed E-state index contributed by atoms with van der Waals surface area (Å²) in [6.07, 6.45) is 1.95. The topological polar surface area (TPSA) is 83.7 Å². The summed E-state index contributed by atoms with van der Waals surface area (Å²) >= 11 is 0. The Morgan fingerprint density at radius 1 is 1.30 bits per heavy atom. The van der Waals surface area contributed by atoms with Gasteiger partial charge in [-0.3, -0.25) is 0 Å². The average Bonchev–Trinajstić information content (AvgIpc) is 3.46. The van der Waals surface area contributed by atoms with Crippen LogP contribution in [0.2, 0.25) is 0 Å². The summed E-state index contributed by atoms with van der Waals surface area (Å²) in [6, 6.07) is 10.2. The molecular weight excluding hydrogens is 493 g/mol. The summed E-state index contributed by atoms with van der Waals surface area (Å²) in [4.78, 5) is 4.70. The maximum atomic E-state index is 10.1. The molecule has 1 aliphatic carbocycles. The number of rotatable bonds is 10. The Bertz CT molecular complexity index is 820. The van der Waals surface area contributed by atoms with Crippen LogP contribution in [0.15, 0.2) is 35.3 Å². The second kappa shape index (κ2) is 12.3. The van der Waals surface area contributed by atoms with Gasteiger partial charge < -0.3 is 20.5 Å². The van der Waals surface area contributed by atoms with Gasteiger partial charge in [-0.1, -0.05) is 18.2 Å². The van der Waals surface area contributed by atoms with Crippen molar-refractivity contribution < 1.29 is 9.84 Å². The molecule has 0 saturated heterocycles. The molecule has 0 spiro atoms. The highest BCUT2D eigenvalue weighted by Gasteiger charge is 2.21. The fourth-order valence-corrected chi connectivity index (χ4v) is 3.16. The van der Waals surface area contributed by atoms with E-state index in [1.807, 2.05) is 30.7 Å². The van der Waals surface area contributed by atoms with Crippen molar-refractivity contribution in [3.05, 3.63) is 47.3 Å². The number of aryl methyl sites for hydroxylation is 2. The Hall–Kier alpha value is -1.65. The Kier molecular flexibility index (Phi) is 10.1. The van der Waals surface area contributed by atoms with Crippen LogP contribution in [0.25, 0.3) is 5.69 Å². The van der Waals surface area contributed by atoms with Crippen molar-refractivity contribution in [2.24, 2.45) is 10.9 Å². The summed E-state index contributed by atoms with van der Waals surface area (Å²) in [5.41, 5.74) is 4.21. The summed E-state index contributed by atoms with van der Waals surface area (Å²) in [5, 5.41) is 21.2. The first kappa shape index (κ1) is 24.6. The standard InChI is InChI=1S/C22H33N5O2.HI/c1-4-23-22(25-13-20(28)15-29-14-18-9-10-18)24-12-19-7-5-6-8-21(19)27-17(3)11-16(2)26-27;/h5-8,11,18,20,28H,4,9-10,12-15H2,1-3H3,(H2,23,24,25);1H. The van der Waals surface area contributed by atoms with Gasteiger partial charge in [0.25, 0.3) is 0 Å². The van der Waals surface area contributed by atoms with E-state index in [0.29, 0.717) is 31.6 Å². The van der Waals surface area contributed by atoms with Gasteiger partial charge in [0.1, 0.15) is 0 Å². The Morgan fingerprint density at radius 2 is 2.07 bits per heavy atom. The number of nitrogens with one attached hydrogen (secondary N) is 2. The molecule has 1 aromatic heterocycles. The van der Waals surface area contributed by atoms with Gasteiger partial charge in [-0.15, -0.1) is 24.0 Å². The normalized spacial score (nSPS) is 14.9. The lowest BCUT2D eigenvalue weighted by Gasteiger charge is -2.16. The third-order valence-electron chi connectivity index (χ3n) is 4.85. The number of ether oxygens (including phenoxy) is 1. The van der Waals surface area contributed by atoms with E-state index in [4.69, 9.17) is 9.73 Å². The van der Waals surface area contributed by atoms with Gasteiger partial charge in [0.15, 0.2) is 5.96 Å². The maximum Gasteiger partial charge on any atom is 0.191 e. The van der Waals surface area contributed by atoms with Crippen molar-refractivity contribution in [2.45, 2.75) is 46.3 Å². The Balaban J connectivity index is 0.00000320. The monoisotopic (exact) mass is 527 g/mol. The van der Waals surface area contributed by atoms with Crippen molar-refractivity contribution >= 4 is 29.9 Å². The third-order valence-corrected chi connectivity index (χ3v) is 4.85. The van der Waals surface area contributed by atoms with Crippen LogP contribution in [0.1, 0.15) is 36.7 Å². The highest BCUT2D eigenvalue weighted by atomic mass is 127. The molecule has 1 aliphatic rings. The first-order valence-electron chi connectivity index (χ1n) is 10.5. The smallest absolute Gasteiger partial charge is 0.191 e. The predicted octanol–water partition coefficient (Wildman–Crippen LogP) is 2.95. The molecule has 0 amide bonds. The molecule has 3 N–H and O–H groups in total. The number of aliphatic hydroxyl groups excluding tert-OH is 1. The number of benzene rings is 1. The van der Waals surface area contributed by atoms with Gasteiger partial charge in [0.2, 0.25) is 0 Å². The Labute approximate surface area is 196 Å². The predicted molar refractivity (Wildman–Crippen MR) is 131 cm³/mol. The molecule has 0 radical (unpaired) electrons. The lowest BCUT2D eigenvalue weighted by molar-refractivity contribution is 0.0345. The van der Waals surface area contributed by atoms with E-state index in [1.165, 1.54) is 12.8 Å². The van der Waals surface area contributed by atoms with E-state index in [1.54, 1.807) is 0 Å². The molecule has 8 heteroatoms. The van der Waals surface area contributed by atoms with Crippen LogP contribution in [0.4, 0.5) is 0 Å². The van der Waals surface area contributed by atoms with Crippen LogP contribution >= 0.6 is 24.0 Å². The number of hydrogen-bond acceptors (Lipinski definition) is 4. The first-order valence-corrected chi connectivity index (χ1v) is 10.5. The second-order valence-electron chi connectivity index (χ2n) is 7.68. The molecule has 1 saturated carbocycles. The first-order chi connectivity index (χ1) is 14.1. The highest BCUT2D eigenvalue weighted by Crippen LogP contribution is 2.28. The van der Waals surface area contributed by atoms with Crippen molar-refractivity contribution in [1.82, 2.24) is 20.4 Å². The lowest BCUT2D eigenvalue weighted by Crippen LogP contribution is -2.42. The molecule has 1 heterocycles. The van der Waals surface area contributed by atoms with Crippen molar-refractivity contribution in [1.29, 1.82) is 0 Å². The van der Waals surface area contributed by atoms with E-state index >= 15 is 0 Å². The van der Waals surface area contributed by atoms with Crippen LogP contribution in [-0.2, 0) is 11.3 Å². The summed E-state index contributed by atoms with van der Waals surface area (Å²) in [6.45, 7) is 8.84. The molecule has 0 bridgehead atoms. The molecule has 1 unspecified atom stereocenters. The molecule has 166 valence electrons. The zero-order valence-electron chi connectivity index (χ0n) is 18.1. The highest BCUT2D eigenvalue weighted by molar-refractivity contribution is 14.0. The van der Waals surface area contributed by atoms with E-state index < -0.39 is 6.10 Å². The van der Waals surface area contributed by atoms with Gasteiger partial charge in [0, 0.05) is 25.4 Å². The summed E-state index contributed by atoms with van der Waals surface area (Å²) in [7, 11) is 0. The molecule has 1 fully saturated rings. The number of halogens is 1. The molecule has 3 rings (SSSR count). The molecular formula is C22H34IN5O2. The molecule has 30 heavy (non-hydrogen) atoms. The van der Waals surface area contributed by atoms with E-state index in [9.17, 15) is 5.11 Å². The third kappa shape index (κ3) is 7.55. The van der Waals surface area contributed by atoms with Gasteiger partial charge in [0.05, 0.1) is 30.6 Å². The molecule has 7 nitrogen and oxygen atoms in total. The van der Waals surface area contributed by atoms with Crippen molar-refractivity contribution in [3.8, 4) is 5.69 Å². The lowest BCUT2D eigenvalue weighted by atomic mass is 10.2. The Morgan fingerprint density at radius 3 is 2.73 bits per heavy atom. The van der Waals surface area contributed by atoms with E-state index in [0.717, 1.165) is 35.8 Å². The number of aliphatic imine (C=N–C) groups is 1. The van der Waals surface area contributed by atoms with Crippen LogP contribution in [-0.4, -0.2) is 53.3 Å². The largest absolute Gasteiger partial charge is 0.389 e. The van der Waals surface area contributed by atoms with Crippen LogP contribution in [0.5, 0.6) is 0 Å². The van der Waals surface area contributed by atoms with Crippen LogP contribution in [0.3, 0.4) is 0 Å². The average molecular weight is 527 g/mol. The number of para-hydroxylation sites is 1. The second-order valence-corrected chi connectivity index (χ2v) is 7.68. The van der Waals surface area contributed by atoms with Gasteiger partial charge >= 0.3 is 0 Å². The number of aromatic nitrogens is 2. The van der Waals surface area contributed by atoms with E-state index in [2.05, 4.69) is 40.9 Å². The molecule has 1 atom stereocenters. The maximum absolute atomic E-state index is 10.1.